The van der Waals surface area contributed by atoms with Crippen molar-refractivity contribution in [3.05, 3.63) is 34.6 Å². The SMILES string of the molecule is COC1=CC=C2CC[C@H]3C[C@H](O)C(=C23)C1. The van der Waals surface area contributed by atoms with E-state index in [0.29, 0.717) is 5.92 Å². The molecule has 0 saturated heterocycles. The number of ether oxygens (including phenoxy) is 1. The number of aliphatic hydroxyl groups excluding tert-OH is 1. The quantitative estimate of drug-likeness (QED) is 0.710. The summed E-state index contributed by atoms with van der Waals surface area (Å²) in [6.07, 6.45) is 8.12. The molecule has 0 spiro atoms. The molecule has 3 aliphatic carbocycles. The van der Waals surface area contributed by atoms with Gasteiger partial charge < -0.3 is 9.84 Å². The zero-order valence-corrected chi connectivity index (χ0v) is 8.99. The summed E-state index contributed by atoms with van der Waals surface area (Å²) < 4.78 is 5.31. The second-order valence-corrected chi connectivity index (χ2v) is 4.63. The van der Waals surface area contributed by atoms with E-state index in [9.17, 15) is 5.11 Å². The molecule has 3 rings (SSSR count). The van der Waals surface area contributed by atoms with E-state index in [1.54, 1.807) is 7.11 Å². The van der Waals surface area contributed by atoms with Crippen LogP contribution in [0.15, 0.2) is 34.6 Å². The van der Waals surface area contributed by atoms with Gasteiger partial charge in [-0.2, -0.15) is 0 Å². The molecule has 1 fully saturated rings. The molecule has 0 unspecified atom stereocenters. The molecule has 80 valence electrons. The molecular weight excluding hydrogens is 188 g/mol. The summed E-state index contributed by atoms with van der Waals surface area (Å²) in [7, 11) is 1.70. The Labute approximate surface area is 89.9 Å². The fourth-order valence-corrected chi connectivity index (χ4v) is 3.13. The summed E-state index contributed by atoms with van der Waals surface area (Å²) >= 11 is 0. The fourth-order valence-electron chi connectivity index (χ4n) is 3.13. The number of methoxy groups -OCH3 is 1. The Morgan fingerprint density at radius 1 is 1.40 bits per heavy atom. The maximum atomic E-state index is 10.0. The molecular formula is C13H16O2. The highest BCUT2D eigenvalue weighted by Gasteiger charge is 2.38. The number of hydrogen-bond acceptors (Lipinski definition) is 2. The molecule has 15 heavy (non-hydrogen) atoms. The summed E-state index contributed by atoms with van der Waals surface area (Å²) in [5.41, 5.74) is 4.10. The van der Waals surface area contributed by atoms with Crippen molar-refractivity contribution in [2.45, 2.75) is 31.8 Å². The normalized spacial score (nSPS) is 33.5. The molecule has 0 aliphatic heterocycles. The van der Waals surface area contributed by atoms with Gasteiger partial charge in [-0.15, -0.1) is 0 Å². The summed E-state index contributed by atoms with van der Waals surface area (Å²) in [6.45, 7) is 0. The van der Waals surface area contributed by atoms with E-state index < -0.39 is 0 Å². The molecule has 1 N–H and O–H groups in total. The van der Waals surface area contributed by atoms with Crippen molar-refractivity contribution in [2.75, 3.05) is 7.11 Å². The molecule has 1 saturated carbocycles. The molecule has 2 heteroatoms. The van der Waals surface area contributed by atoms with Crippen molar-refractivity contribution in [1.82, 2.24) is 0 Å². The van der Waals surface area contributed by atoms with Gasteiger partial charge in [-0.3, -0.25) is 0 Å². The lowest BCUT2D eigenvalue weighted by Crippen LogP contribution is -2.07. The number of allylic oxidation sites excluding steroid dienone is 5. The molecule has 0 bridgehead atoms. The minimum atomic E-state index is -0.231. The van der Waals surface area contributed by atoms with Crippen LogP contribution in [0, 0.1) is 5.92 Å². The Morgan fingerprint density at radius 2 is 2.27 bits per heavy atom. The van der Waals surface area contributed by atoms with Gasteiger partial charge in [0.2, 0.25) is 0 Å². The third kappa shape index (κ3) is 1.28. The highest BCUT2D eigenvalue weighted by atomic mass is 16.5. The zero-order chi connectivity index (χ0) is 10.4. The second-order valence-electron chi connectivity index (χ2n) is 4.63. The van der Waals surface area contributed by atoms with Crippen LogP contribution < -0.4 is 0 Å². The largest absolute Gasteiger partial charge is 0.501 e. The van der Waals surface area contributed by atoms with Crippen LogP contribution in [0.3, 0.4) is 0 Å². The Balaban J connectivity index is 2.07. The first kappa shape index (κ1) is 9.22. The van der Waals surface area contributed by atoms with Gasteiger partial charge in [0.05, 0.1) is 19.0 Å². The summed E-state index contributed by atoms with van der Waals surface area (Å²) in [5, 5.41) is 10.0. The molecule has 0 aromatic heterocycles. The van der Waals surface area contributed by atoms with Crippen LogP contribution in [0.1, 0.15) is 25.7 Å². The summed E-state index contributed by atoms with van der Waals surface area (Å²) in [4.78, 5) is 0. The Bertz CT molecular complexity index is 387. The maximum Gasteiger partial charge on any atom is 0.0997 e. The lowest BCUT2D eigenvalue weighted by atomic mass is 10.0. The fraction of sp³-hybridized carbons (Fsp3) is 0.538. The van der Waals surface area contributed by atoms with Crippen LogP contribution in [-0.4, -0.2) is 18.3 Å². The topological polar surface area (TPSA) is 29.5 Å². The van der Waals surface area contributed by atoms with Gasteiger partial charge in [0.25, 0.3) is 0 Å². The van der Waals surface area contributed by atoms with E-state index in [-0.39, 0.29) is 6.10 Å². The van der Waals surface area contributed by atoms with E-state index in [0.717, 1.165) is 18.6 Å². The second kappa shape index (κ2) is 3.24. The van der Waals surface area contributed by atoms with E-state index in [4.69, 9.17) is 4.74 Å². The van der Waals surface area contributed by atoms with E-state index in [1.165, 1.54) is 29.6 Å². The van der Waals surface area contributed by atoms with Gasteiger partial charge in [-0.05, 0) is 48.0 Å². The molecule has 0 radical (unpaired) electrons. The Kier molecular flexibility index (Phi) is 1.99. The number of rotatable bonds is 1. The van der Waals surface area contributed by atoms with Crippen LogP contribution in [-0.2, 0) is 4.74 Å². The van der Waals surface area contributed by atoms with Gasteiger partial charge in [0, 0.05) is 6.42 Å². The van der Waals surface area contributed by atoms with E-state index in [1.807, 2.05) is 0 Å². The smallest absolute Gasteiger partial charge is 0.0997 e. The van der Waals surface area contributed by atoms with Crippen molar-refractivity contribution in [3.63, 3.8) is 0 Å². The third-order valence-electron chi connectivity index (χ3n) is 3.87. The highest BCUT2D eigenvalue weighted by molar-refractivity contribution is 5.50. The van der Waals surface area contributed by atoms with E-state index >= 15 is 0 Å². The number of hydrogen-bond donors (Lipinski definition) is 1. The Morgan fingerprint density at radius 3 is 3.07 bits per heavy atom. The average molecular weight is 204 g/mol. The van der Waals surface area contributed by atoms with Gasteiger partial charge in [-0.1, -0.05) is 6.08 Å². The van der Waals surface area contributed by atoms with Crippen molar-refractivity contribution >= 4 is 0 Å². The predicted molar refractivity (Wildman–Crippen MR) is 58.2 cm³/mol. The standard InChI is InChI=1S/C13H16O2/c1-15-10-5-4-8-2-3-9-6-12(14)11(7-10)13(8)9/h4-5,9,12,14H,2-3,6-7H2,1H3/t9-,12-/m0/s1. The highest BCUT2D eigenvalue weighted by Crippen LogP contribution is 2.49. The van der Waals surface area contributed by atoms with Crippen molar-refractivity contribution in [1.29, 1.82) is 0 Å². The summed E-state index contributed by atoms with van der Waals surface area (Å²) in [5.74, 6) is 1.59. The predicted octanol–water partition coefficient (Wildman–Crippen LogP) is 2.32. The van der Waals surface area contributed by atoms with Crippen LogP contribution in [0.5, 0.6) is 0 Å². The van der Waals surface area contributed by atoms with E-state index in [2.05, 4.69) is 12.2 Å². The Hall–Kier alpha value is -1.02. The van der Waals surface area contributed by atoms with Gasteiger partial charge in [-0.25, -0.2) is 0 Å². The van der Waals surface area contributed by atoms with Crippen LogP contribution in [0.2, 0.25) is 0 Å². The molecule has 0 amide bonds. The van der Waals surface area contributed by atoms with Gasteiger partial charge in [0.15, 0.2) is 0 Å². The molecule has 2 nitrogen and oxygen atoms in total. The first-order valence-corrected chi connectivity index (χ1v) is 5.64. The lowest BCUT2D eigenvalue weighted by Gasteiger charge is -2.11. The van der Waals surface area contributed by atoms with Gasteiger partial charge in [0.1, 0.15) is 0 Å². The first-order chi connectivity index (χ1) is 7.29. The zero-order valence-electron chi connectivity index (χ0n) is 8.99. The molecule has 0 aromatic carbocycles. The number of aliphatic hydroxyl groups is 1. The van der Waals surface area contributed by atoms with Crippen molar-refractivity contribution < 1.29 is 9.84 Å². The molecule has 0 heterocycles. The third-order valence-corrected chi connectivity index (χ3v) is 3.87. The minimum Gasteiger partial charge on any atom is -0.501 e. The first-order valence-electron chi connectivity index (χ1n) is 5.64. The van der Waals surface area contributed by atoms with Crippen LogP contribution in [0.25, 0.3) is 0 Å². The lowest BCUT2D eigenvalue weighted by molar-refractivity contribution is 0.191. The van der Waals surface area contributed by atoms with Gasteiger partial charge >= 0.3 is 0 Å². The van der Waals surface area contributed by atoms with Crippen LogP contribution >= 0.6 is 0 Å². The summed E-state index contributed by atoms with van der Waals surface area (Å²) in [6, 6.07) is 0. The average Bonchev–Trinajstić information content (AvgIpc) is 2.68. The van der Waals surface area contributed by atoms with Crippen molar-refractivity contribution in [3.8, 4) is 0 Å². The van der Waals surface area contributed by atoms with Crippen molar-refractivity contribution in [2.24, 2.45) is 5.92 Å². The van der Waals surface area contributed by atoms with Crippen LogP contribution in [0.4, 0.5) is 0 Å². The molecule has 0 aromatic rings. The monoisotopic (exact) mass is 204 g/mol. The molecule has 3 aliphatic rings. The molecule has 2 atom stereocenters. The maximum absolute atomic E-state index is 10.0. The minimum absolute atomic E-state index is 0.231.